The van der Waals surface area contributed by atoms with Crippen molar-refractivity contribution in [2.24, 2.45) is 0 Å². The molecule has 0 N–H and O–H groups in total. The van der Waals surface area contributed by atoms with E-state index in [1.807, 2.05) is 47.4 Å². The molecule has 0 atom stereocenters. The van der Waals surface area contributed by atoms with Gasteiger partial charge in [0.15, 0.2) is 6.73 Å². The molecule has 0 radical (unpaired) electrons. The van der Waals surface area contributed by atoms with E-state index in [1.54, 1.807) is 25.6 Å². The maximum Gasteiger partial charge on any atom is 0.200 e. The highest BCUT2D eigenvalue weighted by atomic mass is 16.5. The molecule has 0 saturated carbocycles. The van der Waals surface area contributed by atoms with E-state index in [0.717, 1.165) is 28.3 Å². The van der Waals surface area contributed by atoms with Crippen molar-refractivity contribution in [3.8, 4) is 22.6 Å². The first-order chi connectivity index (χ1) is 14.2. The summed E-state index contributed by atoms with van der Waals surface area (Å²) in [4.78, 5) is 19.4. The van der Waals surface area contributed by atoms with Gasteiger partial charge in [0.25, 0.3) is 0 Å². The van der Waals surface area contributed by atoms with Gasteiger partial charge >= 0.3 is 0 Å². The van der Waals surface area contributed by atoms with Crippen molar-refractivity contribution in [3.05, 3.63) is 83.0 Å². The molecule has 2 aromatic carbocycles. The number of anilines is 1. The van der Waals surface area contributed by atoms with E-state index in [1.165, 1.54) is 6.26 Å². The number of ether oxygens (including phenoxy) is 2. The van der Waals surface area contributed by atoms with Crippen molar-refractivity contribution in [3.63, 3.8) is 0 Å². The van der Waals surface area contributed by atoms with Crippen molar-refractivity contribution < 1.29 is 13.9 Å². The molecular weight excluding hydrogens is 368 g/mol. The van der Waals surface area contributed by atoms with Gasteiger partial charge in [-0.05, 0) is 42.0 Å². The summed E-state index contributed by atoms with van der Waals surface area (Å²) in [6, 6.07) is 14.8. The number of benzene rings is 2. The minimum absolute atomic E-state index is 0.0716. The number of methoxy groups -OCH3 is 1. The quantitative estimate of drug-likeness (QED) is 0.525. The Morgan fingerprint density at radius 2 is 1.97 bits per heavy atom. The number of hydrogen-bond donors (Lipinski definition) is 0. The standard InChI is InChI=1S/C23H18N2O4/c1-27-17-6-4-15(5-7-17)20-13-28-23-18(22(20)26)8-9-21-19(23)12-25(14-29-21)16-3-2-10-24-11-16/h2-11,13H,12,14H2,1H3. The number of pyridine rings is 1. The Kier molecular flexibility index (Phi) is 4.17. The van der Waals surface area contributed by atoms with Crippen LogP contribution in [0.2, 0.25) is 0 Å². The van der Waals surface area contributed by atoms with Crippen LogP contribution in [0, 0.1) is 0 Å². The average Bonchev–Trinajstić information content (AvgIpc) is 2.79. The molecule has 144 valence electrons. The minimum atomic E-state index is -0.0716. The largest absolute Gasteiger partial charge is 0.497 e. The third kappa shape index (κ3) is 2.99. The Labute approximate surface area is 166 Å². The van der Waals surface area contributed by atoms with Gasteiger partial charge in [-0.3, -0.25) is 9.78 Å². The van der Waals surface area contributed by atoms with Crippen molar-refractivity contribution in [1.82, 2.24) is 4.98 Å². The molecule has 1 aliphatic heterocycles. The number of fused-ring (bicyclic) bond motifs is 3. The van der Waals surface area contributed by atoms with Gasteiger partial charge in [0.1, 0.15) is 23.3 Å². The molecule has 6 heteroatoms. The molecule has 1 aliphatic rings. The van der Waals surface area contributed by atoms with Gasteiger partial charge in [-0.2, -0.15) is 0 Å². The van der Waals surface area contributed by atoms with E-state index in [9.17, 15) is 4.79 Å². The molecule has 0 unspecified atom stereocenters. The van der Waals surface area contributed by atoms with Crippen LogP contribution < -0.4 is 19.8 Å². The van der Waals surface area contributed by atoms with E-state index < -0.39 is 0 Å². The fourth-order valence-electron chi connectivity index (χ4n) is 3.58. The predicted octanol–water partition coefficient (Wildman–Crippen LogP) is 4.22. The van der Waals surface area contributed by atoms with Crippen molar-refractivity contribution in [2.75, 3.05) is 18.7 Å². The Morgan fingerprint density at radius 3 is 2.72 bits per heavy atom. The summed E-state index contributed by atoms with van der Waals surface area (Å²) in [5.74, 6) is 1.47. The highest BCUT2D eigenvalue weighted by Gasteiger charge is 2.23. The molecule has 0 spiro atoms. The van der Waals surface area contributed by atoms with Gasteiger partial charge in [0.2, 0.25) is 5.43 Å². The van der Waals surface area contributed by atoms with Gasteiger partial charge < -0.3 is 18.8 Å². The van der Waals surface area contributed by atoms with Crippen molar-refractivity contribution in [1.29, 1.82) is 0 Å². The second-order valence-electron chi connectivity index (χ2n) is 6.81. The average molecular weight is 386 g/mol. The Balaban J connectivity index is 1.59. The summed E-state index contributed by atoms with van der Waals surface area (Å²) in [5.41, 5.74) is 3.59. The molecule has 0 fully saturated rings. The van der Waals surface area contributed by atoms with E-state index in [2.05, 4.69) is 4.98 Å². The Morgan fingerprint density at radius 1 is 1.10 bits per heavy atom. The third-order valence-corrected chi connectivity index (χ3v) is 5.14. The third-order valence-electron chi connectivity index (χ3n) is 5.14. The summed E-state index contributed by atoms with van der Waals surface area (Å²) in [6.07, 6.45) is 5.05. The topological polar surface area (TPSA) is 64.8 Å². The van der Waals surface area contributed by atoms with Crippen LogP contribution in [0.3, 0.4) is 0 Å². The SMILES string of the molecule is COc1ccc(-c2coc3c4c(ccc3c2=O)OCN(c2cccnc2)C4)cc1. The summed E-state index contributed by atoms with van der Waals surface area (Å²) in [7, 11) is 1.61. The zero-order chi connectivity index (χ0) is 19.8. The molecule has 3 heterocycles. The highest BCUT2D eigenvalue weighted by Crippen LogP contribution is 2.34. The van der Waals surface area contributed by atoms with E-state index in [0.29, 0.717) is 29.8 Å². The lowest BCUT2D eigenvalue weighted by Crippen LogP contribution is -2.32. The number of hydrogen-bond acceptors (Lipinski definition) is 6. The smallest absolute Gasteiger partial charge is 0.200 e. The number of nitrogens with zero attached hydrogens (tertiary/aromatic N) is 2. The van der Waals surface area contributed by atoms with Crippen LogP contribution in [-0.2, 0) is 6.54 Å². The fourth-order valence-corrected chi connectivity index (χ4v) is 3.58. The van der Waals surface area contributed by atoms with Gasteiger partial charge in [-0.15, -0.1) is 0 Å². The van der Waals surface area contributed by atoms with E-state index >= 15 is 0 Å². The first kappa shape index (κ1) is 17.3. The lowest BCUT2D eigenvalue weighted by Gasteiger charge is -2.30. The monoisotopic (exact) mass is 386 g/mol. The second-order valence-corrected chi connectivity index (χ2v) is 6.81. The highest BCUT2D eigenvalue weighted by molar-refractivity contribution is 5.86. The maximum absolute atomic E-state index is 13.2. The zero-order valence-electron chi connectivity index (χ0n) is 15.8. The number of rotatable bonds is 3. The first-order valence-electron chi connectivity index (χ1n) is 9.24. The van der Waals surface area contributed by atoms with Crippen LogP contribution >= 0.6 is 0 Å². The minimum Gasteiger partial charge on any atom is -0.497 e. The lowest BCUT2D eigenvalue weighted by molar-refractivity contribution is 0.289. The van der Waals surface area contributed by atoms with Gasteiger partial charge in [-0.1, -0.05) is 12.1 Å². The predicted molar refractivity (Wildman–Crippen MR) is 110 cm³/mol. The zero-order valence-corrected chi connectivity index (χ0v) is 15.8. The summed E-state index contributed by atoms with van der Waals surface area (Å²) in [5, 5.41) is 0.536. The van der Waals surface area contributed by atoms with Crippen LogP contribution in [0.1, 0.15) is 5.56 Å². The molecule has 0 aliphatic carbocycles. The Hall–Kier alpha value is -3.80. The summed E-state index contributed by atoms with van der Waals surface area (Å²) >= 11 is 0. The Bertz CT molecular complexity index is 1230. The molecule has 0 saturated heterocycles. The van der Waals surface area contributed by atoms with Gasteiger partial charge in [-0.25, -0.2) is 0 Å². The maximum atomic E-state index is 13.2. The molecule has 29 heavy (non-hydrogen) atoms. The van der Waals surface area contributed by atoms with E-state index in [-0.39, 0.29) is 5.43 Å². The fraction of sp³-hybridized carbons (Fsp3) is 0.130. The van der Waals surface area contributed by atoms with E-state index in [4.69, 9.17) is 13.9 Å². The van der Waals surface area contributed by atoms with Gasteiger partial charge in [0, 0.05) is 6.20 Å². The van der Waals surface area contributed by atoms with Crippen LogP contribution in [0.15, 0.2) is 76.4 Å². The van der Waals surface area contributed by atoms with Crippen molar-refractivity contribution in [2.45, 2.75) is 6.54 Å². The molecule has 4 aromatic rings. The second kappa shape index (κ2) is 6.98. The molecule has 0 bridgehead atoms. The lowest BCUT2D eigenvalue weighted by atomic mass is 10.0. The van der Waals surface area contributed by atoms with Crippen LogP contribution in [0.25, 0.3) is 22.1 Å². The first-order valence-corrected chi connectivity index (χ1v) is 9.24. The van der Waals surface area contributed by atoms with Crippen molar-refractivity contribution >= 4 is 16.7 Å². The molecule has 6 nitrogen and oxygen atoms in total. The molecule has 2 aromatic heterocycles. The molecule has 0 amide bonds. The summed E-state index contributed by atoms with van der Waals surface area (Å²) < 4.78 is 17.1. The van der Waals surface area contributed by atoms with Crippen LogP contribution in [-0.4, -0.2) is 18.8 Å². The normalized spacial score (nSPS) is 13.1. The van der Waals surface area contributed by atoms with Crippen LogP contribution in [0.4, 0.5) is 5.69 Å². The molecule has 5 rings (SSSR count). The summed E-state index contributed by atoms with van der Waals surface area (Å²) in [6.45, 7) is 0.988. The molecular formula is C23H18N2O4. The van der Waals surface area contributed by atoms with Gasteiger partial charge in [0.05, 0.1) is 42.1 Å². The van der Waals surface area contributed by atoms with Crippen LogP contribution in [0.5, 0.6) is 11.5 Å². The number of aromatic nitrogens is 1.